The minimum atomic E-state index is -3.99. The van der Waals surface area contributed by atoms with Crippen LogP contribution in [0.4, 0.5) is 0 Å². The Balaban J connectivity index is 1.66. The maximum atomic E-state index is 14.0. The summed E-state index contributed by atoms with van der Waals surface area (Å²) in [6.07, 6.45) is 0.967. The van der Waals surface area contributed by atoms with Gasteiger partial charge in [-0.2, -0.15) is 17.4 Å². The molecule has 0 radical (unpaired) electrons. The quantitative estimate of drug-likeness (QED) is 0.501. The Labute approximate surface area is 209 Å². The Morgan fingerprint density at radius 2 is 1.91 bits per heavy atom. The topological polar surface area (TPSA) is 123 Å². The van der Waals surface area contributed by atoms with Crippen LogP contribution in [0.15, 0.2) is 41.2 Å². The van der Waals surface area contributed by atoms with E-state index in [2.05, 4.69) is 14.6 Å². The van der Waals surface area contributed by atoms with Gasteiger partial charge in [-0.25, -0.2) is 9.78 Å². The molecule has 0 spiro atoms. The predicted molar refractivity (Wildman–Crippen MR) is 132 cm³/mol. The van der Waals surface area contributed by atoms with E-state index in [9.17, 15) is 23.1 Å². The monoisotopic (exact) mass is 521 g/mol. The smallest absolute Gasteiger partial charge is 0.326 e. The highest BCUT2D eigenvalue weighted by molar-refractivity contribution is 7.87. The molecular formula is C23H31N5O5S2. The third-order valence-corrected chi connectivity index (χ3v) is 9.02. The molecule has 2 aliphatic rings. The number of nitrogens with zero attached hydrogens (tertiary/aromatic N) is 4. The van der Waals surface area contributed by atoms with Crippen LogP contribution in [0, 0.1) is 0 Å². The summed E-state index contributed by atoms with van der Waals surface area (Å²) in [5.41, 5.74) is 1.54. The molecule has 2 fully saturated rings. The zero-order valence-corrected chi connectivity index (χ0v) is 21.3. The van der Waals surface area contributed by atoms with Gasteiger partial charge in [-0.1, -0.05) is 30.3 Å². The first-order valence-corrected chi connectivity index (χ1v) is 14.0. The van der Waals surface area contributed by atoms with Crippen LogP contribution in [-0.4, -0.2) is 95.8 Å². The van der Waals surface area contributed by atoms with Crippen molar-refractivity contribution in [1.29, 1.82) is 0 Å². The van der Waals surface area contributed by atoms with E-state index in [0.717, 1.165) is 5.56 Å². The molecule has 3 heterocycles. The summed E-state index contributed by atoms with van der Waals surface area (Å²) in [4.78, 5) is 33.8. The summed E-state index contributed by atoms with van der Waals surface area (Å²) in [5.74, 6) is -1.64. The van der Waals surface area contributed by atoms with Gasteiger partial charge in [0.1, 0.15) is 11.6 Å². The molecule has 190 valence electrons. The van der Waals surface area contributed by atoms with Crippen LogP contribution >= 0.6 is 11.3 Å². The molecule has 35 heavy (non-hydrogen) atoms. The minimum Gasteiger partial charge on any atom is -0.480 e. The van der Waals surface area contributed by atoms with Gasteiger partial charge in [0, 0.05) is 50.9 Å². The highest BCUT2D eigenvalue weighted by Gasteiger charge is 2.50. The van der Waals surface area contributed by atoms with Crippen LogP contribution < -0.4 is 4.72 Å². The van der Waals surface area contributed by atoms with Crippen molar-refractivity contribution in [2.45, 2.75) is 37.3 Å². The number of nitrogens with one attached hydrogen (secondary N) is 1. The molecule has 0 aliphatic carbocycles. The molecule has 4 rings (SSSR count). The van der Waals surface area contributed by atoms with E-state index in [1.54, 1.807) is 10.9 Å². The number of benzene rings is 1. The van der Waals surface area contributed by atoms with Gasteiger partial charge in [-0.05, 0) is 25.5 Å². The molecule has 0 saturated carbocycles. The van der Waals surface area contributed by atoms with Crippen LogP contribution in [0.5, 0.6) is 0 Å². The molecule has 2 saturated heterocycles. The van der Waals surface area contributed by atoms with E-state index in [1.165, 1.54) is 20.5 Å². The fraction of sp³-hybridized carbons (Fsp3) is 0.522. The van der Waals surface area contributed by atoms with Crippen molar-refractivity contribution in [3.63, 3.8) is 0 Å². The fourth-order valence-electron chi connectivity index (χ4n) is 4.78. The number of hydrogen-bond donors (Lipinski definition) is 2. The number of aromatic nitrogens is 1. The van der Waals surface area contributed by atoms with Gasteiger partial charge >= 0.3 is 5.97 Å². The van der Waals surface area contributed by atoms with E-state index in [-0.39, 0.29) is 25.8 Å². The van der Waals surface area contributed by atoms with Gasteiger partial charge in [-0.3, -0.25) is 4.79 Å². The average molecular weight is 522 g/mol. The van der Waals surface area contributed by atoms with Crippen molar-refractivity contribution in [2.75, 3.05) is 39.8 Å². The molecule has 2 aromatic rings. The number of carbonyl (C=O) groups is 2. The van der Waals surface area contributed by atoms with E-state index < -0.39 is 33.7 Å². The van der Waals surface area contributed by atoms with Gasteiger partial charge < -0.3 is 14.9 Å². The van der Waals surface area contributed by atoms with Gasteiger partial charge in [-0.15, -0.1) is 11.3 Å². The van der Waals surface area contributed by atoms with E-state index in [0.29, 0.717) is 38.3 Å². The number of piperidine rings is 1. The maximum Gasteiger partial charge on any atom is 0.326 e. The SMILES string of the molecule is CN1CCN(S(=O)(=O)N[C@]2(Cc3ccccc3)CCCN([C@@H](Cc3cscn3)C(=O)O)C2=O)CC1. The number of hydrogen-bond acceptors (Lipinski definition) is 7. The number of amides is 1. The Bertz CT molecular complexity index is 1120. The third kappa shape index (κ3) is 5.89. The Kier molecular flexibility index (Phi) is 7.86. The Hall–Kier alpha value is -2.38. The first-order valence-electron chi connectivity index (χ1n) is 11.6. The Morgan fingerprint density at radius 3 is 2.54 bits per heavy atom. The molecule has 2 aliphatic heterocycles. The van der Waals surface area contributed by atoms with E-state index in [1.807, 2.05) is 37.4 Å². The number of likely N-dealkylation sites (tertiary alicyclic amines) is 1. The summed E-state index contributed by atoms with van der Waals surface area (Å²) < 4.78 is 31.1. The van der Waals surface area contributed by atoms with Gasteiger partial charge in [0.15, 0.2) is 0 Å². The van der Waals surface area contributed by atoms with Crippen LogP contribution in [-0.2, 0) is 32.6 Å². The van der Waals surface area contributed by atoms with Crippen molar-refractivity contribution >= 4 is 33.4 Å². The van der Waals surface area contributed by atoms with Crippen LogP contribution in [0.2, 0.25) is 0 Å². The van der Waals surface area contributed by atoms with Gasteiger partial charge in [0.05, 0.1) is 11.2 Å². The summed E-state index contributed by atoms with van der Waals surface area (Å²) in [7, 11) is -2.05. The summed E-state index contributed by atoms with van der Waals surface area (Å²) in [6.45, 7) is 2.09. The normalized spacial score (nSPS) is 23.3. The van der Waals surface area contributed by atoms with Crippen molar-refractivity contribution in [3.05, 3.63) is 52.5 Å². The summed E-state index contributed by atoms with van der Waals surface area (Å²) in [6, 6.07) is 8.10. The molecule has 0 bridgehead atoms. The number of carboxylic acid groups (broad SMARTS) is 1. The molecule has 1 aromatic heterocycles. The molecule has 1 amide bonds. The molecule has 2 atom stereocenters. The Morgan fingerprint density at radius 1 is 1.20 bits per heavy atom. The standard InChI is InChI=1S/C23H31N5O5S2/c1-26-10-12-27(13-11-26)35(32,33)25-23(15-18-6-3-2-4-7-18)8-5-9-28(22(23)31)20(21(29)30)14-19-16-34-17-24-19/h2-4,6-7,16-17,20,25H,5,8-15H2,1H3,(H,29,30)/t20-,23-/m0/s1. The van der Waals surface area contributed by atoms with Gasteiger partial charge in [0.2, 0.25) is 5.91 Å². The number of carbonyl (C=O) groups excluding carboxylic acids is 1. The first-order chi connectivity index (χ1) is 16.7. The first kappa shape index (κ1) is 25.7. The van der Waals surface area contributed by atoms with Crippen LogP contribution in [0.3, 0.4) is 0 Å². The molecule has 10 nitrogen and oxygen atoms in total. The molecule has 12 heteroatoms. The number of likely N-dealkylation sites (N-methyl/N-ethyl adjacent to an activating group) is 1. The molecule has 0 unspecified atom stereocenters. The number of aliphatic carboxylic acids is 1. The predicted octanol–water partition coefficient (Wildman–Crippen LogP) is 0.825. The maximum absolute atomic E-state index is 14.0. The number of piperazine rings is 1. The number of rotatable bonds is 9. The summed E-state index contributed by atoms with van der Waals surface area (Å²) >= 11 is 1.36. The zero-order chi connectivity index (χ0) is 25.1. The molecule has 1 aromatic carbocycles. The lowest BCUT2D eigenvalue weighted by molar-refractivity contribution is -0.155. The highest BCUT2D eigenvalue weighted by atomic mass is 32.2. The lowest BCUT2D eigenvalue weighted by Crippen LogP contribution is -2.68. The second-order valence-electron chi connectivity index (χ2n) is 9.19. The van der Waals surface area contributed by atoms with Crippen molar-refractivity contribution < 1.29 is 23.1 Å². The van der Waals surface area contributed by atoms with Crippen molar-refractivity contribution in [2.24, 2.45) is 0 Å². The van der Waals surface area contributed by atoms with Crippen molar-refractivity contribution in [1.82, 2.24) is 23.8 Å². The molecule has 2 N–H and O–H groups in total. The lowest BCUT2D eigenvalue weighted by Gasteiger charge is -2.45. The molecular weight excluding hydrogens is 490 g/mol. The van der Waals surface area contributed by atoms with Crippen LogP contribution in [0.1, 0.15) is 24.1 Å². The number of carboxylic acids is 1. The van der Waals surface area contributed by atoms with Crippen LogP contribution in [0.25, 0.3) is 0 Å². The average Bonchev–Trinajstić information content (AvgIpc) is 3.33. The largest absolute Gasteiger partial charge is 0.480 e. The fourth-order valence-corrected chi connectivity index (χ4v) is 6.88. The van der Waals surface area contributed by atoms with E-state index >= 15 is 0 Å². The minimum absolute atomic E-state index is 0.0667. The second kappa shape index (κ2) is 10.7. The highest BCUT2D eigenvalue weighted by Crippen LogP contribution is 2.30. The number of thiazole rings is 1. The summed E-state index contributed by atoms with van der Waals surface area (Å²) in [5, 5.41) is 11.8. The second-order valence-corrected chi connectivity index (χ2v) is 11.6. The third-order valence-electron chi connectivity index (χ3n) is 6.70. The lowest BCUT2D eigenvalue weighted by atomic mass is 9.82. The van der Waals surface area contributed by atoms with E-state index in [4.69, 9.17) is 0 Å². The van der Waals surface area contributed by atoms with Crippen molar-refractivity contribution in [3.8, 4) is 0 Å². The van der Waals surface area contributed by atoms with Gasteiger partial charge in [0.25, 0.3) is 10.2 Å². The zero-order valence-electron chi connectivity index (χ0n) is 19.7.